The SMILES string of the molecule is CCCOc1cc(C)c(Cl)cc1C(N)CCC. The Hall–Kier alpha value is -0.730. The minimum absolute atomic E-state index is 0.00459. The highest BCUT2D eigenvalue weighted by Crippen LogP contribution is 2.32. The van der Waals surface area contributed by atoms with Gasteiger partial charge in [-0.2, -0.15) is 0 Å². The van der Waals surface area contributed by atoms with Gasteiger partial charge in [-0.3, -0.25) is 0 Å². The Kier molecular flexibility index (Phi) is 5.79. The molecule has 17 heavy (non-hydrogen) atoms. The van der Waals surface area contributed by atoms with Crippen molar-refractivity contribution in [2.75, 3.05) is 6.61 Å². The molecule has 1 atom stereocenters. The highest BCUT2D eigenvalue weighted by atomic mass is 35.5. The molecule has 0 heterocycles. The van der Waals surface area contributed by atoms with Crippen LogP contribution in [0.15, 0.2) is 12.1 Å². The van der Waals surface area contributed by atoms with Crippen LogP contribution in [0.5, 0.6) is 5.75 Å². The highest BCUT2D eigenvalue weighted by Gasteiger charge is 2.13. The van der Waals surface area contributed by atoms with E-state index < -0.39 is 0 Å². The van der Waals surface area contributed by atoms with Crippen molar-refractivity contribution in [3.8, 4) is 5.75 Å². The van der Waals surface area contributed by atoms with Gasteiger partial charge in [-0.1, -0.05) is 31.9 Å². The third-order valence-electron chi connectivity index (χ3n) is 2.75. The minimum atomic E-state index is 0.00459. The first kappa shape index (κ1) is 14.3. The fourth-order valence-electron chi connectivity index (χ4n) is 1.76. The maximum absolute atomic E-state index is 6.16. The van der Waals surface area contributed by atoms with E-state index in [1.165, 1.54) is 0 Å². The van der Waals surface area contributed by atoms with Gasteiger partial charge in [-0.05, 0) is 37.5 Å². The second kappa shape index (κ2) is 6.87. The summed E-state index contributed by atoms with van der Waals surface area (Å²) < 4.78 is 5.75. The topological polar surface area (TPSA) is 35.2 Å². The summed E-state index contributed by atoms with van der Waals surface area (Å²) in [6.07, 6.45) is 2.99. The molecule has 0 bridgehead atoms. The summed E-state index contributed by atoms with van der Waals surface area (Å²) in [4.78, 5) is 0. The zero-order valence-corrected chi connectivity index (χ0v) is 11.7. The standard InChI is InChI=1S/C14H22ClNO/c1-4-6-13(16)11-9-12(15)10(3)8-14(11)17-7-5-2/h8-9,13H,4-7,16H2,1-3H3. The first-order valence-corrected chi connectivity index (χ1v) is 6.66. The summed E-state index contributed by atoms with van der Waals surface area (Å²) in [5.41, 5.74) is 8.21. The first-order valence-electron chi connectivity index (χ1n) is 6.28. The molecule has 0 aliphatic heterocycles. The van der Waals surface area contributed by atoms with Crippen LogP contribution in [0.4, 0.5) is 0 Å². The second-order valence-corrected chi connectivity index (χ2v) is 4.79. The quantitative estimate of drug-likeness (QED) is 0.825. The van der Waals surface area contributed by atoms with Crippen molar-refractivity contribution in [3.05, 3.63) is 28.3 Å². The van der Waals surface area contributed by atoms with Crippen molar-refractivity contribution in [1.82, 2.24) is 0 Å². The summed E-state index contributed by atoms with van der Waals surface area (Å²) in [6.45, 7) is 6.92. The van der Waals surface area contributed by atoms with Gasteiger partial charge in [0.15, 0.2) is 0 Å². The van der Waals surface area contributed by atoms with Gasteiger partial charge >= 0.3 is 0 Å². The minimum Gasteiger partial charge on any atom is -0.493 e. The lowest BCUT2D eigenvalue weighted by atomic mass is 10.0. The Morgan fingerprint density at radius 3 is 2.59 bits per heavy atom. The molecule has 2 N–H and O–H groups in total. The molecule has 0 aliphatic rings. The van der Waals surface area contributed by atoms with Crippen molar-refractivity contribution >= 4 is 11.6 Å². The summed E-state index contributed by atoms with van der Waals surface area (Å²) in [5, 5.41) is 0.760. The zero-order chi connectivity index (χ0) is 12.8. The van der Waals surface area contributed by atoms with Gasteiger partial charge in [0.25, 0.3) is 0 Å². The number of rotatable bonds is 6. The molecule has 0 fully saturated rings. The maximum Gasteiger partial charge on any atom is 0.124 e. The van der Waals surface area contributed by atoms with Gasteiger partial charge < -0.3 is 10.5 Å². The average Bonchev–Trinajstić information content (AvgIpc) is 2.30. The van der Waals surface area contributed by atoms with E-state index in [4.69, 9.17) is 22.1 Å². The molecular formula is C14H22ClNO. The third-order valence-corrected chi connectivity index (χ3v) is 3.16. The molecule has 1 unspecified atom stereocenters. The van der Waals surface area contributed by atoms with Crippen LogP contribution in [0.25, 0.3) is 0 Å². The average molecular weight is 256 g/mol. The Bertz CT molecular complexity index is 365. The van der Waals surface area contributed by atoms with E-state index >= 15 is 0 Å². The van der Waals surface area contributed by atoms with E-state index in [0.29, 0.717) is 6.61 Å². The lowest BCUT2D eigenvalue weighted by Crippen LogP contribution is -2.12. The summed E-state index contributed by atoms with van der Waals surface area (Å²) >= 11 is 6.15. The van der Waals surface area contributed by atoms with Crippen molar-refractivity contribution < 1.29 is 4.74 Å². The van der Waals surface area contributed by atoms with Crippen LogP contribution in [0, 0.1) is 6.92 Å². The Balaban J connectivity index is 3.02. The van der Waals surface area contributed by atoms with Crippen LogP contribution in [0.3, 0.4) is 0 Å². The molecule has 0 saturated carbocycles. The predicted octanol–water partition coefficient (Wildman–Crippen LogP) is 4.24. The number of hydrogen-bond acceptors (Lipinski definition) is 2. The molecule has 96 valence electrons. The van der Waals surface area contributed by atoms with Crippen LogP contribution in [0.1, 0.15) is 50.3 Å². The molecule has 0 aromatic heterocycles. The molecule has 0 spiro atoms. The third kappa shape index (κ3) is 3.90. The van der Waals surface area contributed by atoms with Crippen molar-refractivity contribution in [3.63, 3.8) is 0 Å². The molecule has 1 aromatic carbocycles. The van der Waals surface area contributed by atoms with Gasteiger partial charge in [0, 0.05) is 16.6 Å². The number of hydrogen-bond donors (Lipinski definition) is 1. The van der Waals surface area contributed by atoms with E-state index in [-0.39, 0.29) is 6.04 Å². The summed E-state index contributed by atoms with van der Waals surface area (Å²) in [5.74, 6) is 0.884. The van der Waals surface area contributed by atoms with Crippen molar-refractivity contribution in [1.29, 1.82) is 0 Å². The molecule has 1 rings (SSSR count). The Morgan fingerprint density at radius 2 is 2.00 bits per heavy atom. The molecular weight excluding hydrogens is 234 g/mol. The maximum atomic E-state index is 6.16. The number of benzene rings is 1. The van der Waals surface area contributed by atoms with Gasteiger partial charge in [0.05, 0.1) is 6.61 Å². The van der Waals surface area contributed by atoms with Gasteiger partial charge in [-0.15, -0.1) is 0 Å². The zero-order valence-electron chi connectivity index (χ0n) is 10.9. The summed E-state index contributed by atoms with van der Waals surface area (Å²) in [7, 11) is 0. The predicted molar refractivity (Wildman–Crippen MR) is 73.8 cm³/mol. The van der Waals surface area contributed by atoms with Crippen molar-refractivity contribution in [2.45, 2.75) is 46.1 Å². The number of ether oxygens (including phenoxy) is 1. The van der Waals surface area contributed by atoms with E-state index in [2.05, 4.69) is 13.8 Å². The molecule has 0 radical (unpaired) electrons. The number of nitrogens with two attached hydrogens (primary N) is 1. The number of aryl methyl sites for hydroxylation is 1. The van der Waals surface area contributed by atoms with Crippen LogP contribution in [-0.4, -0.2) is 6.61 Å². The monoisotopic (exact) mass is 255 g/mol. The molecule has 0 amide bonds. The van der Waals surface area contributed by atoms with Gasteiger partial charge in [-0.25, -0.2) is 0 Å². The van der Waals surface area contributed by atoms with E-state index in [9.17, 15) is 0 Å². The fourth-order valence-corrected chi connectivity index (χ4v) is 1.94. The van der Waals surface area contributed by atoms with Gasteiger partial charge in [0.1, 0.15) is 5.75 Å². The summed E-state index contributed by atoms with van der Waals surface area (Å²) in [6, 6.07) is 3.94. The second-order valence-electron chi connectivity index (χ2n) is 4.38. The molecule has 1 aromatic rings. The normalized spacial score (nSPS) is 12.5. The van der Waals surface area contributed by atoms with Crippen LogP contribution in [-0.2, 0) is 0 Å². The van der Waals surface area contributed by atoms with Crippen LogP contribution in [0.2, 0.25) is 5.02 Å². The smallest absolute Gasteiger partial charge is 0.124 e. The lowest BCUT2D eigenvalue weighted by Gasteiger charge is -2.18. The van der Waals surface area contributed by atoms with Crippen molar-refractivity contribution in [2.24, 2.45) is 5.73 Å². The van der Waals surface area contributed by atoms with Crippen LogP contribution >= 0.6 is 11.6 Å². The molecule has 0 aliphatic carbocycles. The van der Waals surface area contributed by atoms with Gasteiger partial charge in [0.2, 0.25) is 0 Å². The highest BCUT2D eigenvalue weighted by molar-refractivity contribution is 6.31. The van der Waals surface area contributed by atoms with Crippen LogP contribution < -0.4 is 10.5 Å². The molecule has 3 heteroatoms. The largest absolute Gasteiger partial charge is 0.493 e. The molecule has 0 saturated heterocycles. The lowest BCUT2D eigenvalue weighted by molar-refractivity contribution is 0.311. The molecule has 2 nitrogen and oxygen atoms in total. The Labute approximate surface area is 109 Å². The Morgan fingerprint density at radius 1 is 1.29 bits per heavy atom. The van der Waals surface area contributed by atoms with E-state index in [1.54, 1.807) is 0 Å². The fraction of sp³-hybridized carbons (Fsp3) is 0.571. The first-order chi connectivity index (χ1) is 8.10. The van der Waals surface area contributed by atoms with E-state index in [0.717, 1.165) is 41.2 Å². The number of halogens is 1. The van der Waals surface area contributed by atoms with E-state index in [1.807, 2.05) is 19.1 Å².